The second kappa shape index (κ2) is 10.0. The van der Waals surface area contributed by atoms with Crippen molar-refractivity contribution in [2.24, 2.45) is 0 Å². The lowest BCUT2D eigenvalue weighted by Crippen LogP contribution is -3.17. The Morgan fingerprint density at radius 2 is 1.63 bits per heavy atom. The molecule has 3 aromatic carbocycles. The van der Waals surface area contributed by atoms with E-state index in [2.05, 4.69) is 17.6 Å². The van der Waals surface area contributed by atoms with Crippen LogP contribution in [-0.2, 0) is 9.59 Å². The van der Waals surface area contributed by atoms with Crippen LogP contribution in [0.25, 0.3) is 10.8 Å². The number of rotatable bonds is 8. The quantitative estimate of drug-likeness (QED) is 0.539. The van der Waals surface area contributed by atoms with Crippen LogP contribution in [0.1, 0.15) is 25.8 Å². The number of nitrogens with one attached hydrogen (secondary N) is 3. The topological polar surface area (TPSA) is 62.6 Å². The van der Waals surface area contributed by atoms with Gasteiger partial charge in [-0.2, -0.15) is 0 Å². The van der Waals surface area contributed by atoms with Gasteiger partial charge >= 0.3 is 0 Å². The normalized spacial score (nSPS) is 12.9. The summed E-state index contributed by atoms with van der Waals surface area (Å²) < 4.78 is 0. The molecule has 3 rings (SSSR count). The molecule has 0 aromatic heterocycles. The van der Waals surface area contributed by atoms with Gasteiger partial charge in [0.15, 0.2) is 12.6 Å². The minimum Gasteiger partial charge on any atom is -0.321 e. The lowest BCUT2D eigenvalue weighted by atomic mass is 10.1. The maximum Gasteiger partial charge on any atom is 0.282 e. The zero-order valence-corrected chi connectivity index (χ0v) is 17.9. The van der Waals surface area contributed by atoms with E-state index in [-0.39, 0.29) is 24.4 Å². The molecule has 5 heteroatoms. The van der Waals surface area contributed by atoms with E-state index in [0.29, 0.717) is 0 Å². The Labute approximate surface area is 178 Å². The summed E-state index contributed by atoms with van der Waals surface area (Å²) in [4.78, 5) is 26.5. The van der Waals surface area contributed by atoms with Gasteiger partial charge in [-0.15, -0.1) is 0 Å². The number of carbonyl (C=O) groups excluding carboxylic acids is 2. The molecule has 0 radical (unpaired) electrons. The maximum absolute atomic E-state index is 12.9. The predicted octanol–water partition coefficient (Wildman–Crippen LogP) is 3.41. The van der Waals surface area contributed by atoms with Crippen molar-refractivity contribution in [3.05, 3.63) is 72.3 Å². The van der Waals surface area contributed by atoms with E-state index in [1.807, 2.05) is 80.6 Å². The van der Waals surface area contributed by atoms with Gasteiger partial charge in [0.25, 0.3) is 11.8 Å². The van der Waals surface area contributed by atoms with Gasteiger partial charge in [0.2, 0.25) is 0 Å². The molecular formula is C25H30N3O2+. The number of para-hydroxylation sites is 1. The average Bonchev–Trinajstić information content (AvgIpc) is 2.74. The van der Waals surface area contributed by atoms with Crippen molar-refractivity contribution in [2.75, 3.05) is 23.7 Å². The molecule has 0 spiro atoms. The number of quaternary nitrogens is 1. The van der Waals surface area contributed by atoms with Crippen LogP contribution in [0.4, 0.5) is 11.4 Å². The number of hydrogen-bond acceptors (Lipinski definition) is 2. The van der Waals surface area contributed by atoms with Crippen LogP contribution in [0.2, 0.25) is 0 Å². The Hall–Kier alpha value is -3.18. The molecule has 3 aromatic rings. The van der Waals surface area contributed by atoms with Crippen molar-refractivity contribution >= 4 is 34.0 Å². The molecule has 0 bridgehead atoms. The largest absolute Gasteiger partial charge is 0.321 e. The molecule has 5 nitrogen and oxygen atoms in total. The lowest BCUT2D eigenvalue weighted by molar-refractivity contribution is -0.905. The van der Waals surface area contributed by atoms with Crippen LogP contribution < -0.4 is 15.5 Å². The van der Waals surface area contributed by atoms with Crippen molar-refractivity contribution in [3.8, 4) is 0 Å². The van der Waals surface area contributed by atoms with Crippen molar-refractivity contribution < 1.29 is 14.5 Å². The van der Waals surface area contributed by atoms with E-state index >= 15 is 0 Å². The van der Waals surface area contributed by atoms with Gasteiger partial charge in [0.1, 0.15) is 0 Å². The number of fused-ring (bicyclic) bond motifs is 1. The minimum absolute atomic E-state index is 0.0851. The van der Waals surface area contributed by atoms with Gasteiger partial charge in [-0.25, -0.2) is 0 Å². The summed E-state index contributed by atoms with van der Waals surface area (Å²) in [7, 11) is 0. The highest BCUT2D eigenvalue weighted by Crippen LogP contribution is 2.18. The molecule has 0 fully saturated rings. The number of anilines is 2. The van der Waals surface area contributed by atoms with Crippen molar-refractivity contribution in [3.63, 3.8) is 0 Å². The third-order valence-electron chi connectivity index (χ3n) is 5.40. The molecule has 0 aliphatic carbocycles. The van der Waals surface area contributed by atoms with Gasteiger partial charge in [0, 0.05) is 11.4 Å². The molecule has 156 valence electrons. The first-order valence-corrected chi connectivity index (χ1v) is 10.5. The molecule has 1 unspecified atom stereocenters. The summed E-state index contributed by atoms with van der Waals surface area (Å²) in [5, 5.41) is 8.20. The first-order valence-electron chi connectivity index (χ1n) is 10.5. The zero-order chi connectivity index (χ0) is 21.5. The highest BCUT2D eigenvalue weighted by atomic mass is 16.2. The van der Waals surface area contributed by atoms with E-state index < -0.39 is 0 Å². The molecule has 3 N–H and O–H groups in total. The predicted molar refractivity (Wildman–Crippen MR) is 123 cm³/mol. The SMILES string of the molecule is CCC[NH+](CC(=O)Nc1ccccc1C)[C@H](C)C(=O)Nc1ccc2ccccc2c1. The van der Waals surface area contributed by atoms with Gasteiger partial charge < -0.3 is 15.5 Å². The van der Waals surface area contributed by atoms with Crippen LogP contribution >= 0.6 is 0 Å². The molecule has 30 heavy (non-hydrogen) atoms. The molecule has 0 aliphatic rings. The maximum atomic E-state index is 12.9. The second-order valence-electron chi connectivity index (χ2n) is 7.72. The molecule has 0 aliphatic heterocycles. The lowest BCUT2D eigenvalue weighted by Gasteiger charge is -2.24. The van der Waals surface area contributed by atoms with E-state index in [9.17, 15) is 9.59 Å². The number of benzene rings is 3. The highest BCUT2D eigenvalue weighted by Gasteiger charge is 2.27. The number of aryl methyl sites for hydroxylation is 1. The Kier molecular flexibility index (Phi) is 7.20. The number of carbonyl (C=O) groups is 2. The van der Waals surface area contributed by atoms with Gasteiger partial charge in [-0.3, -0.25) is 9.59 Å². The third-order valence-corrected chi connectivity index (χ3v) is 5.40. The monoisotopic (exact) mass is 404 g/mol. The molecular weight excluding hydrogens is 374 g/mol. The Balaban J connectivity index is 1.65. The smallest absolute Gasteiger partial charge is 0.282 e. The van der Waals surface area contributed by atoms with Gasteiger partial charge in [0.05, 0.1) is 6.54 Å². The van der Waals surface area contributed by atoms with Crippen LogP contribution in [0, 0.1) is 6.92 Å². The first kappa shape index (κ1) is 21.5. The van der Waals surface area contributed by atoms with Crippen molar-refractivity contribution in [1.82, 2.24) is 0 Å². The van der Waals surface area contributed by atoms with Crippen LogP contribution in [0.3, 0.4) is 0 Å². The van der Waals surface area contributed by atoms with Gasteiger partial charge in [-0.1, -0.05) is 55.5 Å². The standard InChI is InChI=1S/C25H29N3O2/c1-4-15-28(17-24(29)27-23-12-8-5-9-18(23)2)19(3)25(30)26-22-14-13-20-10-6-7-11-21(20)16-22/h5-14,16,19H,4,15,17H2,1-3H3,(H,26,30)(H,27,29)/p+1/t19-/m1/s1. The second-order valence-corrected chi connectivity index (χ2v) is 7.72. The molecule has 0 saturated heterocycles. The first-order chi connectivity index (χ1) is 14.5. The van der Waals surface area contributed by atoms with E-state index in [4.69, 9.17) is 0 Å². The summed E-state index contributed by atoms with van der Waals surface area (Å²) in [6.45, 7) is 6.89. The Morgan fingerprint density at radius 1 is 0.933 bits per heavy atom. The Bertz CT molecular complexity index is 1030. The van der Waals surface area contributed by atoms with Crippen LogP contribution in [0.15, 0.2) is 66.7 Å². The summed E-state index contributed by atoms with van der Waals surface area (Å²) >= 11 is 0. The van der Waals surface area contributed by atoms with Crippen LogP contribution in [-0.4, -0.2) is 30.9 Å². The van der Waals surface area contributed by atoms with E-state index in [1.165, 1.54) is 0 Å². The number of hydrogen-bond donors (Lipinski definition) is 3. The third kappa shape index (κ3) is 5.45. The molecule has 2 atom stereocenters. The van der Waals surface area contributed by atoms with Crippen molar-refractivity contribution in [2.45, 2.75) is 33.2 Å². The fraction of sp³-hybridized carbons (Fsp3) is 0.280. The highest BCUT2D eigenvalue weighted by molar-refractivity contribution is 5.97. The summed E-state index contributed by atoms with van der Waals surface area (Å²) in [5.74, 6) is -0.171. The molecule has 0 heterocycles. The van der Waals surface area contributed by atoms with Crippen molar-refractivity contribution in [1.29, 1.82) is 0 Å². The summed E-state index contributed by atoms with van der Waals surface area (Å²) in [6.07, 6.45) is 0.889. The van der Waals surface area contributed by atoms with Crippen LogP contribution in [0.5, 0.6) is 0 Å². The number of amides is 2. The van der Waals surface area contributed by atoms with E-state index in [1.54, 1.807) is 0 Å². The fourth-order valence-electron chi connectivity index (χ4n) is 3.60. The molecule has 2 amide bonds. The van der Waals surface area contributed by atoms with E-state index in [0.717, 1.165) is 45.6 Å². The Morgan fingerprint density at radius 3 is 2.37 bits per heavy atom. The molecule has 0 saturated carbocycles. The van der Waals surface area contributed by atoms with Gasteiger partial charge in [-0.05, 0) is 54.8 Å². The fourth-order valence-corrected chi connectivity index (χ4v) is 3.60. The summed E-state index contributed by atoms with van der Waals surface area (Å²) in [5.41, 5.74) is 2.60. The summed E-state index contributed by atoms with van der Waals surface area (Å²) in [6, 6.07) is 21.3. The minimum atomic E-state index is -0.348. The average molecular weight is 405 g/mol. The zero-order valence-electron chi connectivity index (χ0n) is 17.9.